The first-order valence-corrected chi connectivity index (χ1v) is 10.2. The van der Waals surface area contributed by atoms with Crippen LogP contribution in [0.5, 0.6) is 0 Å². The smallest absolute Gasteiger partial charge is 0.253 e. The van der Waals surface area contributed by atoms with Gasteiger partial charge in [0.1, 0.15) is 5.82 Å². The van der Waals surface area contributed by atoms with Crippen molar-refractivity contribution in [3.63, 3.8) is 0 Å². The van der Waals surface area contributed by atoms with E-state index in [4.69, 9.17) is 5.73 Å². The number of nitrogens with zero attached hydrogens (tertiary/aromatic N) is 3. The van der Waals surface area contributed by atoms with E-state index in [0.29, 0.717) is 11.1 Å². The molecule has 3 heterocycles. The number of ketones is 1. The number of aromatic nitrogens is 1. The van der Waals surface area contributed by atoms with E-state index in [9.17, 15) is 23.6 Å². The molecule has 0 spiro atoms. The average molecular weight is 437 g/mol. The second-order valence-corrected chi connectivity index (χ2v) is 7.94. The van der Waals surface area contributed by atoms with Crippen LogP contribution in [-0.2, 0) is 32.0 Å². The summed E-state index contributed by atoms with van der Waals surface area (Å²) in [7, 11) is 0. The minimum absolute atomic E-state index is 0.0249. The quantitative estimate of drug-likeness (QED) is 0.659. The van der Waals surface area contributed by atoms with Crippen molar-refractivity contribution in [3.8, 4) is 0 Å². The molecule has 2 fully saturated rings. The molecule has 2 saturated heterocycles. The molecule has 1 aromatic heterocycles. The number of carbonyl (C=O) groups excluding carboxylic acids is 4. The minimum atomic E-state index is -1.87. The zero-order valence-electron chi connectivity index (χ0n) is 17.2. The van der Waals surface area contributed by atoms with Gasteiger partial charge in [-0.25, -0.2) is 4.39 Å². The Morgan fingerprint density at radius 3 is 2.59 bits per heavy atom. The highest BCUT2D eigenvalue weighted by Gasteiger charge is 2.66. The second kappa shape index (κ2) is 8.49. The van der Waals surface area contributed by atoms with Gasteiger partial charge in [-0.3, -0.25) is 24.2 Å². The van der Waals surface area contributed by atoms with Crippen molar-refractivity contribution in [2.75, 3.05) is 13.1 Å². The van der Waals surface area contributed by atoms with Crippen molar-refractivity contribution < 1.29 is 23.6 Å². The molecular weight excluding hydrogens is 415 g/mol. The van der Waals surface area contributed by atoms with Gasteiger partial charge >= 0.3 is 0 Å². The van der Waals surface area contributed by atoms with E-state index >= 15 is 0 Å². The van der Waals surface area contributed by atoms with Gasteiger partial charge in [0, 0.05) is 18.9 Å². The Labute approximate surface area is 184 Å². The van der Waals surface area contributed by atoms with Crippen LogP contribution in [0, 0.1) is 12.2 Å². The van der Waals surface area contributed by atoms with Gasteiger partial charge in [-0.2, -0.15) is 0 Å². The molecule has 2 aromatic rings. The van der Waals surface area contributed by atoms with E-state index in [0.717, 1.165) is 0 Å². The van der Waals surface area contributed by atoms with Gasteiger partial charge < -0.3 is 15.5 Å². The van der Waals surface area contributed by atoms with Gasteiger partial charge in [0.2, 0.25) is 17.4 Å². The second-order valence-electron chi connectivity index (χ2n) is 7.94. The topological polar surface area (TPSA) is 114 Å². The number of hydrogen-bond donors (Lipinski definition) is 1. The number of nitrogens with two attached hydrogens (primary N) is 1. The van der Waals surface area contributed by atoms with E-state index in [2.05, 4.69) is 4.98 Å². The molecule has 1 radical (unpaired) electrons. The summed E-state index contributed by atoms with van der Waals surface area (Å²) in [6.07, 6.45) is 4.99. The highest BCUT2D eigenvalue weighted by Crippen LogP contribution is 2.40. The molecule has 2 unspecified atom stereocenters. The van der Waals surface area contributed by atoms with Crippen LogP contribution in [0.15, 0.2) is 48.8 Å². The van der Waals surface area contributed by atoms with Crippen LogP contribution in [-0.4, -0.2) is 63.0 Å². The van der Waals surface area contributed by atoms with Crippen molar-refractivity contribution in [1.82, 2.24) is 14.8 Å². The molecule has 3 amide bonds. The molecule has 165 valence electrons. The van der Waals surface area contributed by atoms with Crippen LogP contribution in [0.1, 0.15) is 17.5 Å². The summed E-state index contributed by atoms with van der Waals surface area (Å²) in [6, 6.07) is 8.33. The number of halogens is 1. The van der Waals surface area contributed by atoms with Crippen molar-refractivity contribution in [2.24, 2.45) is 5.73 Å². The first-order chi connectivity index (χ1) is 15.3. The van der Waals surface area contributed by atoms with Gasteiger partial charge in [0.15, 0.2) is 5.78 Å². The zero-order chi connectivity index (χ0) is 22.9. The van der Waals surface area contributed by atoms with Crippen LogP contribution in [0.4, 0.5) is 4.39 Å². The van der Waals surface area contributed by atoms with Crippen LogP contribution in [0.25, 0.3) is 0 Å². The molecule has 1 aromatic carbocycles. The highest BCUT2D eigenvalue weighted by atomic mass is 19.1. The lowest BCUT2D eigenvalue weighted by atomic mass is 9.88. The van der Waals surface area contributed by atoms with Gasteiger partial charge in [0.05, 0.1) is 25.4 Å². The van der Waals surface area contributed by atoms with Crippen molar-refractivity contribution in [2.45, 2.75) is 30.8 Å². The number of benzene rings is 1. The third-order valence-corrected chi connectivity index (χ3v) is 6.12. The Morgan fingerprint density at radius 2 is 1.94 bits per heavy atom. The first-order valence-electron chi connectivity index (χ1n) is 10.2. The number of amides is 3. The Kier molecular flexibility index (Phi) is 5.73. The number of rotatable bonds is 6. The summed E-state index contributed by atoms with van der Waals surface area (Å²) in [5, 5.41) is 0. The highest BCUT2D eigenvalue weighted by molar-refractivity contribution is 6.17. The molecule has 0 bridgehead atoms. The summed E-state index contributed by atoms with van der Waals surface area (Å²) >= 11 is 0. The molecule has 2 atom stereocenters. The number of carbonyl (C=O) groups is 4. The monoisotopic (exact) mass is 437 g/mol. The molecule has 8 nitrogen and oxygen atoms in total. The fraction of sp³-hybridized carbons (Fsp3) is 0.304. The fourth-order valence-electron chi connectivity index (χ4n) is 4.62. The lowest BCUT2D eigenvalue weighted by Crippen LogP contribution is -2.64. The summed E-state index contributed by atoms with van der Waals surface area (Å²) < 4.78 is 13.1. The molecule has 0 saturated carbocycles. The fourth-order valence-corrected chi connectivity index (χ4v) is 4.62. The van der Waals surface area contributed by atoms with E-state index in [1.54, 1.807) is 36.7 Å². The molecule has 4 rings (SSSR count). The summed E-state index contributed by atoms with van der Waals surface area (Å²) in [4.78, 5) is 58.1. The largest absolute Gasteiger partial charge is 0.367 e. The molecule has 2 aliphatic rings. The number of hydrogen-bond acceptors (Lipinski definition) is 5. The predicted octanol–water partition coefficient (Wildman–Crippen LogP) is 0.446. The number of Topliss-reactive ketones (excluding diaryl/α,β-unsaturated/α-hetero) is 1. The lowest BCUT2D eigenvalue weighted by Gasteiger charge is -2.34. The Hall–Kier alpha value is -3.62. The summed E-state index contributed by atoms with van der Waals surface area (Å²) in [5.41, 5.74) is 5.18. The Morgan fingerprint density at radius 1 is 1.19 bits per heavy atom. The van der Waals surface area contributed by atoms with Gasteiger partial charge in [0.25, 0.3) is 5.91 Å². The number of fused-ring (bicyclic) bond motifs is 1. The first kappa shape index (κ1) is 21.6. The van der Waals surface area contributed by atoms with Gasteiger partial charge in [-0.1, -0.05) is 18.2 Å². The van der Waals surface area contributed by atoms with E-state index in [-0.39, 0.29) is 44.1 Å². The van der Waals surface area contributed by atoms with Gasteiger partial charge in [-0.05, 0) is 42.2 Å². The average Bonchev–Trinajstić information content (AvgIpc) is 3.31. The maximum absolute atomic E-state index is 13.1. The predicted molar refractivity (Wildman–Crippen MR) is 111 cm³/mol. The van der Waals surface area contributed by atoms with E-state index in [1.807, 2.05) is 0 Å². The van der Waals surface area contributed by atoms with Crippen LogP contribution in [0.3, 0.4) is 0 Å². The minimum Gasteiger partial charge on any atom is -0.367 e. The van der Waals surface area contributed by atoms with Crippen LogP contribution >= 0.6 is 0 Å². The third kappa shape index (κ3) is 3.63. The Balaban J connectivity index is 1.53. The molecule has 0 aliphatic carbocycles. The SMILES string of the molecule is NC(=O)C12C(=O)CN(C(=O)Cc3cccnc3)C1CCN2C(=O)[CH]Cc1ccc(F)cc1. The molecular formula is C23H22FN4O4. The number of pyridine rings is 1. The summed E-state index contributed by atoms with van der Waals surface area (Å²) in [6.45, 7) is -0.163. The lowest BCUT2D eigenvalue weighted by molar-refractivity contribution is -0.148. The molecule has 2 aliphatic heterocycles. The molecule has 9 heteroatoms. The molecule has 2 N–H and O–H groups in total. The van der Waals surface area contributed by atoms with Crippen molar-refractivity contribution >= 4 is 23.5 Å². The number of likely N-dealkylation sites (tertiary alicyclic amines) is 2. The van der Waals surface area contributed by atoms with Crippen molar-refractivity contribution in [1.29, 1.82) is 0 Å². The van der Waals surface area contributed by atoms with Crippen molar-refractivity contribution in [3.05, 3.63) is 72.2 Å². The van der Waals surface area contributed by atoms with E-state index in [1.165, 1.54) is 28.4 Å². The molecule has 32 heavy (non-hydrogen) atoms. The summed E-state index contributed by atoms with van der Waals surface area (Å²) in [5.74, 6) is -2.74. The zero-order valence-corrected chi connectivity index (χ0v) is 17.2. The van der Waals surface area contributed by atoms with Gasteiger partial charge in [-0.15, -0.1) is 0 Å². The normalized spacial score (nSPS) is 22.2. The number of primary amides is 1. The maximum Gasteiger partial charge on any atom is 0.253 e. The van der Waals surface area contributed by atoms with Crippen LogP contribution < -0.4 is 5.73 Å². The van der Waals surface area contributed by atoms with E-state index < -0.39 is 29.2 Å². The maximum atomic E-state index is 13.1. The van der Waals surface area contributed by atoms with Crippen LogP contribution in [0.2, 0.25) is 0 Å². The Bertz CT molecular complexity index is 1060. The standard InChI is InChI=1S/C23H22FN4O4/c24-17-6-3-15(4-7-17)5-8-20(30)28-11-9-18-23(28,22(25)32)19(29)14-27(18)21(31)12-16-2-1-10-26-13-16/h1-4,6-8,10,13,18H,5,9,11-12,14H2,(H2,25,32). The third-order valence-electron chi connectivity index (χ3n) is 6.12.